The molecule has 6 heteroatoms. The van der Waals surface area contributed by atoms with Gasteiger partial charge in [0.25, 0.3) is 5.91 Å². The van der Waals surface area contributed by atoms with E-state index in [1.807, 2.05) is 24.3 Å². The summed E-state index contributed by atoms with van der Waals surface area (Å²) in [5.74, 6) is -0.118. The van der Waals surface area contributed by atoms with Crippen molar-refractivity contribution in [3.8, 4) is 5.75 Å². The number of carbonyl (C=O) groups is 2. The Hall–Kier alpha value is -2.79. The Labute approximate surface area is 163 Å². The van der Waals surface area contributed by atoms with Gasteiger partial charge in [-0.1, -0.05) is 41.9 Å². The third-order valence-electron chi connectivity index (χ3n) is 4.84. The van der Waals surface area contributed by atoms with Crippen LogP contribution in [0, 0.1) is 0 Å². The van der Waals surface area contributed by atoms with Crippen LogP contribution in [0.4, 0.5) is 0 Å². The number of esters is 1. The molecule has 1 aliphatic rings. The van der Waals surface area contributed by atoms with Gasteiger partial charge in [-0.05, 0) is 23.8 Å². The first kappa shape index (κ1) is 19.0. The lowest BCUT2D eigenvalue weighted by Crippen LogP contribution is -2.49. The monoisotopic (exact) mass is 385 g/mol. The second-order valence-electron chi connectivity index (χ2n) is 6.25. The molecule has 1 amide bonds. The van der Waals surface area contributed by atoms with Crippen LogP contribution in [0.2, 0.25) is 5.02 Å². The second-order valence-corrected chi connectivity index (χ2v) is 6.65. The molecule has 1 heterocycles. The Kier molecular flexibility index (Phi) is 5.24. The normalized spacial score (nSPS) is 18.2. The predicted molar refractivity (Wildman–Crippen MR) is 103 cm³/mol. The fourth-order valence-electron chi connectivity index (χ4n) is 3.56. The Morgan fingerprint density at radius 2 is 1.93 bits per heavy atom. The summed E-state index contributed by atoms with van der Waals surface area (Å²) < 4.78 is 10.3. The molecule has 0 bridgehead atoms. The van der Waals surface area contributed by atoms with Crippen LogP contribution in [-0.2, 0) is 21.6 Å². The van der Waals surface area contributed by atoms with Gasteiger partial charge in [-0.25, -0.2) is 4.79 Å². The van der Waals surface area contributed by atoms with E-state index in [2.05, 4.69) is 6.58 Å². The van der Waals surface area contributed by atoms with Gasteiger partial charge < -0.3 is 14.4 Å². The molecule has 0 aromatic heterocycles. The minimum atomic E-state index is -1.30. The summed E-state index contributed by atoms with van der Waals surface area (Å²) in [4.78, 5) is 27.7. The molecule has 140 valence electrons. The number of fused-ring (bicyclic) bond motifs is 1. The van der Waals surface area contributed by atoms with E-state index in [9.17, 15) is 9.59 Å². The summed E-state index contributed by atoms with van der Waals surface area (Å²) in [6.07, 6.45) is 1.83. The van der Waals surface area contributed by atoms with Gasteiger partial charge in [0.05, 0.1) is 24.8 Å². The van der Waals surface area contributed by atoms with Crippen molar-refractivity contribution in [1.82, 2.24) is 4.90 Å². The van der Waals surface area contributed by atoms with Gasteiger partial charge in [-0.15, -0.1) is 6.58 Å². The van der Waals surface area contributed by atoms with Gasteiger partial charge >= 0.3 is 5.97 Å². The van der Waals surface area contributed by atoms with Gasteiger partial charge in [0.2, 0.25) is 0 Å². The average Bonchev–Trinajstić information content (AvgIpc) is 2.92. The Bertz CT molecular complexity index is 894. The molecule has 1 aliphatic heterocycles. The number of hydrogen-bond donors (Lipinski definition) is 0. The van der Waals surface area contributed by atoms with Gasteiger partial charge in [0.15, 0.2) is 5.54 Å². The number of nitrogens with zero attached hydrogens (tertiary/aromatic N) is 1. The lowest BCUT2D eigenvalue weighted by Gasteiger charge is -2.36. The van der Waals surface area contributed by atoms with Crippen LogP contribution in [0.15, 0.2) is 55.1 Å². The van der Waals surface area contributed by atoms with Crippen LogP contribution in [-0.4, -0.2) is 31.0 Å². The largest absolute Gasteiger partial charge is 0.497 e. The van der Waals surface area contributed by atoms with E-state index < -0.39 is 11.5 Å². The molecular formula is C21H20ClNO4. The van der Waals surface area contributed by atoms with Crippen molar-refractivity contribution in [3.05, 3.63) is 76.8 Å². The first-order chi connectivity index (χ1) is 13.0. The zero-order valence-electron chi connectivity index (χ0n) is 15.2. The van der Waals surface area contributed by atoms with Crippen molar-refractivity contribution in [2.75, 3.05) is 14.2 Å². The topological polar surface area (TPSA) is 55.8 Å². The third-order valence-corrected chi connectivity index (χ3v) is 5.16. The van der Waals surface area contributed by atoms with Crippen molar-refractivity contribution in [1.29, 1.82) is 0 Å². The molecule has 2 aromatic carbocycles. The Morgan fingerprint density at radius 1 is 1.22 bits per heavy atom. The number of benzene rings is 2. The smallest absolute Gasteiger partial charge is 0.336 e. The van der Waals surface area contributed by atoms with Gasteiger partial charge in [0.1, 0.15) is 5.75 Å². The molecule has 0 spiro atoms. The van der Waals surface area contributed by atoms with Crippen molar-refractivity contribution < 1.29 is 19.1 Å². The molecule has 1 atom stereocenters. The highest BCUT2D eigenvalue weighted by Crippen LogP contribution is 2.46. The summed E-state index contributed by atoms with van der Waals surface area (Å²) in [6.45, 7) is 3.99. The lowest BCUT2D eigenvalue weighted by molar-refractivity contribution is -0.154. The van der Waals surface area contributed by atoms with Crippen LogP contribution in [0.5, 0.6) is 5.75 Å². The predicted octanol–water partition coefficient (Wildman–Crippen LogP) is 3.95. The summed E-state index contributed by atoms with van der Waals surface area (Å²) in [6, 6.07) is 12.4. The van der Waals surface area contributed by atoms with Gasteiger partial charge in [-0.3, -0.25) is 4.79 Å². The standard InChI is InChI=1S/C21H20ClNO4/c1-4-12-21(20(25)27-3)16-6-5-7-17(22)18(16)19(24)23(21)13-14-8-10-15(26-2)11-9-14/h4-11H,1,12-13H2,2-3H3. The molecule has 0 aliphatic carbocycles. The fourth-order valence-corrected chi connectivity index (χ4v) is 3.82. The molecule has 5 nitrogen and oxygen atoms in total. The molecule has 2 aromatic rings. The summed E-state index contributed by atoms with van der Waals surface area (Å²) in [5, 5.41) is 0.312. The first-order valence-corrected chi connectivity index (χ1v) is 8.80. The van der Waals surface area contributed by atoms with Crippen LogP contribution in [0.25, 0.3) is 0 Å². The second kappa shape index (κ2) is 7.45. The highest BCUT2D eigenvalue weighted by Gasteiger charge is 2.55. The maximum Gasteiger partial charge on any atom is 0.336 e. The molecule has 0 radical (unpaired) electrons. The highest BCUT2D eigenvalue weighted by molar-refractivity contribution is 6.34. The van der Waals surface area contributed by atoms with Crippen molar-refractivity contribution in [2.24, 2.45) is 0 Å². The number of halogens is 1. The van der Waals surface area contributed by atoms with Crippen molar-refractivity contribution >= 4 is 23.5 Å². The molecule has 0 fully saturated rings. The summed E-state index contributed by atoms with van der Waals surface area (Å²) in [5.41, 5.74) is 0.430. The van der Waals surface area contributed by atoms with E-state index >= 15 is 0 Å². The number of hydrogen-bond acceptors (Lipinski definition) is 4. The van der Waals surface area contributed by atoms with Crippen LogP contribution in [0.3, 0.4) is 0 Å². The highest BCUT2D eigenvalue weighted by atomic mass is 35.5. The maximum absolute atomic E-state index is 13.2. The molecule has 3 rings (SSSR count). The Morgan fingerprint density at radius 3 is 2.52 bits per heavy atom. The molecule has 27 heavy (non-hydrogen) atoms. The van der Waals surface area contributed by atoms with Crippen LogP contribution >= 0.6 is 11.6 Å². The molecule has 1 unspecified atom stereocenters. The minimum Gasteiger partial charge on any atom is -0.497 e. The molecule has 0 N–H and O–H groups in total. The Balaban J connectivity index is 2.14. The first-order valence-electron chi connectivity index (χ1n) is 8.42. The van der Waals surface area contributed by atoms with Gasteiger partial charge in [-0.2, -0.15) is 0 Å². The average molecular weight is 386 g/mol. The van der Waals surface area contributed by atoms with Crippen LogP contribution < -0.4 is 4.74 Å². The molecule has 0 saturated heterocycles. The zero-order valence-corrected chi connectivity index (χ0v) is 16.0. The quantitative estimate of drug-likeness (QED) is 0.558. The fraction of sp³-hybridized carbons (Fsp3) is 0.238. The molecule has 0 saturated carbocycles. The minimum absolute atomic E-state index is 0.217. The number of amides is 1. The molecular weight excluding hydrogens is 366 g/mol. The van der Waals surface area contributed by atoms with E-state index in [4.69, 9.17) is 21.1 Å². The zero-order chi connectivity index (χ0) is 19.6. The van der Waals surface area contributed by atoms with Gasteiger partial charge in [0, 0.05) is 18.5 Å². The SMILES string of the molecule is C=CCC1(C(=O)OC)c2cccc(Cl)c2C(=O)N1Cc1ccc(OC)cc1. The maximum atomic E-state index is 13.2. The van der Waals surface area contributed by atoms with Crippen molar-refractivity contribution in [3.63, 3.8) is 0 Å². The third kappa shape index (κ3) is 2.98. The summed E-state index contributed by atoms with van der Waals surface area (Å²) in [7, 11) is 2.90. The van der Waals surface area contributed by atoms with E-state index in [1.54, 1.807) is 31.4 Å². The van der Waals surface area contributed by atoms with E-state index in [0.717, 1.165) is 5.56 Å². The van der Waals surface area contributed by atoms with Crippen molar-refractivity contribution in [2.45, 2.75) is 18.5 Å². The van der Waals surface area contributed by atoms with E-state index in [0.29, 0.717) is 21.9 Å². The number of ether oxygens (including phenoxy) is 2. The lowest BCUT2D eigenvalue weighted by atomic mass is 9.86. The van der Waals surface area contributed by atoms with Crippen LogP contribution in [0.1, 0.15) is 27.9 Å². The number of methoxy groups -OCH3 is 2. The van der Waals surface area contributed by atoms with E-state index in [-0.39, 0.29) is 18.9 Å². The number of rotatable bonds is 6. The van der Waals surface area contributed by atoms with E-state index in [1.165, 1.54) is 12.0 Å². The summed E-state index contributed by atoms with van der Waals surface area (Å²) >= 11 is 6.31. The number of carbonyl (C=O) groups excluding carboxylic acids is 2.